The number of rotatable bonds is 6. The molecule has 1 saturated heterocycles. The molecule has 1 rings (SSSR count). The van der Waals surface area contributed by atoms with E-state index in [1.807, 2.05) is 13.8 Å². The molecule has 0 aromatic rings. The number of nitrogens with zero attached hydrogens (tertiary/aromatic N) is 2. The maximum absolute atomic E-state index is 11.5. The highest BCUT2D eigenvalue weighted by Crippen LogP contribution is 2.19. The Hall–Kier alpha value is -1.06. The SMILES string of the molecule is CCNC(=O)CN=C(NCC)N1CCCC(CC(N)=O)C1.I. The Morgan fingerprint density at radius 3 is 2.55 bits per heavy atom. The minimum absolute atomic E-state index is 0. The predicted molar refractivity (Wildman–Crippen MR) is 98.2 cm³/mol. The van der Waals surface area contributed by atoms with E-state index < -0.39 is 0 Å². The van der Waals surface area contributed by atoms with Crippen LogP contribution >= 0.6 is 24.0 Å². The molecule has 1 heterocycles. The summed E-state index contributed by atoms with van der Waals surface area (Å²) in [7, 11) is 0. The van der Waals surface area contributed by atoms with Crippen molar-refractivity contribution in [1.29, 1.82) is 0 Å². The van der Waals surface area contributed by atoms with E-state index in [0.29, 0.717) is 13.0 Å². The number of carbonyl (C=O) groups is 2. The Bertz CT molecular complexity index is 389. The number of guanidine groups is 1. The standard InChI is InChI=1S/C14H27N5O2.HI/c1-3-16-13(21)9-18-14(17-4-2)19-7-5-6-11(10-19)8-12(15)20;/h11H,3-10H2,1-2H3,(H2,15,20)(H,16,21)(H,17,18);1H. The summed E-state index contributed by atoms with van der Waals surface area (Å²) in [4.78, 5) is 29.1. The average Bonchev–Trinajstić information content (AvgIpc) is 2.43. The van der Waals surface area contributed by atoms with Crippen molar-refractivity contribution in [3.8, 4) is 0 Å². The van der Waals surface area contributed by atoms with Crippen LogP contribution in [-0.2, 0) is 9.59 Å². The number of amides is 2. The van der Waals surface area contributed by atoms with Crippen molar-refractivity contribution >= 4 is 41.8 Å². The third-order valence-corrected chi connectivity index (χ3v) is 3.39. The molecule has 2 amide bonds. The van der Waals surface area contributed by atoms with E-state index in [9.17, 15) is 9.59 Å². The normalized spacial score (nSPS) is 18.4. The number of hydrogen-bond donors (Lipinski definition) is 3. The lowest BCUT2D eigenvalue weighted by Crippen LogP contribution is -2.47. The molecule has 0 aromatic carbocycles. The number of nitrogens with two attached hydrogens (primary N) is 1. The second-order valence-electron chi connectivity index (χ2n) is 5.25. The van der Waals surface area contributed by atoms with Gasteiger partial charge in [-0.25, -0.2) is 4.99 Å². The van der Waals surface area contributed by atoms with Crippen LogP contribution < -0.4 is 16.4 Å². The van der Waals surface area contributed by atoms with Gasteiger partial charge in [-0.15, -0.1) is 24.0 Å². The van der Waals surface area contributed by atoms with Gasteiger partial charge in [0.1, 0.15) is 6.54 Å². The molecule has 0 radical (unpaired) electrons. The van der Waals surface area contributed by atoms with E-state index in [-0.39, 0.29) is 48.3 Å². The number of primary amides is 1. The fraction of sp³-hybridized carbons (Fsp3) is 0.786. The van der Waals surface area contributed by atoms with Crippen molar-refractivity contribution in [1.82, 2.24) is 15.5 Å². The summed E-state index contributed by atoms with van der Waals surface area (Å²) in [5, 5.41) is 5.93. The minimum Gasteiger partial charge on any atom is -0.370 e. The van der Waals surface area contributed by atoms with Crippen LogP contribution in [0.15, 0.2) is 4.99 Å². The van der Waals surface area contributed by atoms with Crippen LogP contribution in [0.5, 0.6) is 0 Å². The topological polar surface area (TPSA) is 99.8 Å². The highest BCUT2D eigenvalue weighted by molar-refractivity contribution is 14.0. The number of piperidine rings is 1. The van der Waals surface area contributed by atoms with Crippen LogP contribution in [0.4, 0.5) is 0 Å². The Balaban J connectivity index is 0.00000441. The summed E-state index contributed by atoms with van der Waals surface area (Å²) >= 11 is 0. The molecule has 4 N–H and O–H groups in total. The smallest absolute Gasteiger partial charge is 0.241 e. The van der Waals surface area contributed by atoms with Gasteiger partial charge >= 0.3 is 0 Å². The molecule has 1 aliphatic rings. The molecular weight excluding hydrogens is 397 g/mol. The van der Waals surface area contributed by atoms with Crippen molar-refractivity contribution in [2.45, 2.75) is 33.1 Å². The summed E-state index contributed by atoms with van der Waals surface area (Å²) in [5.74, 6) is 0.659. The first kappa shape index (κ1) is 20.9. The van der Waals surface area contributed by atoms with Crippen molar-refractivity contribution in [2.75, 3.05) is 32.7 Å². The molecule has 7 nitrogen and oxygen atoms in total. The third-order valence-electron chi connectivity index (χ3n) is 3.39. The number of halogens is 1. The van der Waals surface area contributed by atoms with Gasteiger partial charge in [0.25, 0.3) is 0 Å². The van der Waals surface area contributed by atoms with E-state index >= 15 is 0 Å². The van der Waals surface area contributed by atoms with Crippen LogP contribution in [0, 0.1) is 5.92 Å². The second-order valence-corrected chi connectivity index (χ2v) is 5.25. The van der Waals surface area contributed by atoms with Gasteiger partial charge < -0.3 is 21.3 Å². The number of likely N-dealkylation sites (N-methyl/N-ethyl adjacent to an activating group) is 1. The zero-order valence-corrected chi connectivity index (χ0v) is 15.8. The Morgan fingerprint density at radius 2 is 1.95 bits per heavy atom. The van der Waals surface area contributed by atoms with E-state index in [1.54, 1.807) is 0 Å². The van der Waals surface area contributed by atoms with E-state index in [1.165, 1.54) is 0 Å². The minimum atomic E-state index is -0.258. The first-order valence-electron chi connectivity index (χ1n) is 7.65. The van der Waals surface area contributed by atoms with Gasteiger partial charge in [-0.05, 0) is 32.6 Å². The van der Waals surface area contributed by atoms with Gasteiger partial charge in [0.2, 0.25) is 11.8 Å². The average molecular weight is 425 g/mol. The fourth-order valence-electron chi connectivity index (χ4n) is 2.53. The molecule has 1 fully saturated rings. The maximum atomic E-state index is 11.5. The van der Waals surface area contributed by atoms with Crippen LogP contribution in [0.2, 0.25) is 0 Å². The van der Waals surface area contributed by atoms with Gasteiger partial charge in [0.15, 0.2) is 5.96 Å². The van der Waals surface area contributed by atoms with Crippen LogP contribution in [-0.4, -0.2) is 55.4 Å². The van der Waals surface area contributed by atoms with Crippen molar-refractivity contribution < 1.29 is 9.59 Å². The molecule has 22 heavy (non-hydrogen) atoms. The van der Waals surface area contributed by atoms with Gasteiger partial charge in [-0.3, -0.25) is 9.59 Å². The van der Waals surface area contributed by atoms with Gasteiger partial charge in [0, 0.05) is 32.6 Å². The van der Waals surface area contributed by atoms with Crippen LogP contribution in [0.3, 0.4) is 0 Å². The fourth-order valence-corrected chi connectivity index (χ4v) is 2.53. The highest BCUT2D eigenvalue weighted by atomic mass is 127. The number of hydrogen-bond acceptors (Lipinski definition) is 3. The van der Waals surface area contributed by atoms with Crippen molar-refractivity contribution in [2.24, 2.45) is 16.6 Å². The second kappa shape index (κ2) is 11.5. The largest absolute Gasteiger partial charge is 0.370 e. The summed E-state index contributed by atoms with van der Waals surface area (Å²) in [6.45, 7) is 6.98. The maximum Gasteiger partial charge on any atom is 0.241 e. The highest BCUT2D eigenvalue weighted by Gasteiger charge is 2.23. The molecule has 1 aliphatic heterocycles. The lowest BCUT2D eigenvalue weighted by molar-refractivity contribution is -0.120. The molecule has 0 spiro atoms. The third kappa shape index (κ3) is 7.81. The molecular formula is C14H28IN5O2. The van der Waals surface area contributed by atoms with Gasteiger partial charge in [-0.1, -0.05) is 0 Å². The van der Waals surface area contributed by atoms with Crippen molar-refractivity contribution in [3.63, 3.8) is 0 Å². The predicted octanol–water partition coefficient (Wildman–Crippen LogP) is 0.293. The summed E-state index contributed by atoms with van der Waals surface area (Å²) in [5.41, 5.74) is 5.28. The molecule has 0 aliphatic carbocycles. The number of nitrogens with one attached hydrogen (secondary N) is 2. The lowest BCUT2D eigenvalue weighted by atomic mass is 9.95. The van der Waals surface area contributed by atoms with E-state index in [0.717, 1.165) is 38.4 Å². The van der Waals surface area contributed by atoms with E-state index in [4.69, 9.17) is 5.73 Å². The molecule has 0 saturated carbocycles. The Labute approximate surface area is 149 Å². The zero-order chi connectivity index (χ0) is 15.7. The Kier molecular flexibility index (Phi) is 10.9. The first-order valence-corrected chi connectivity index (χ1v) is 7.65. The molecule has 1 unspecified atom stereocenters. The lowest BCUT2D eigenvalue weighted by Gasteiger charge is -2.34. The quantitative estimate of drug-likeness (QED) is 0.324. The van der Waals surface area contributed by atoms with Gasteiger partial charge in [-0.2, -0.15) is 0 Å². The zero-order valence-electron chi connectivity index (χ0n) is 13.4. The Morgan fingerprint density at radius 1 is 1.27 bits per heavy atom. The molecule has 0 bridgehead atoms. The van der Waals surface area contributed by atoms with Crippen molar-refractivity contribution in [3.05, 3.63) is 0 Å². The summed E-state index contributed by atoms with van der Waals surface area (Å²) in [6, 6.07) is 0. The molecule has 1 atom stereocenters. The summed E-state index contributed by atoms with van der Waals surface area (Å²) < 4.78 is 0. The summed E-state index contributed by atoms with van der Waals surface area (Å²) in [6.07, 6.45) is 2.42. The molecule has 8 heteroatoms. The number of aliphatic imine (C=N–C) groups is 1. The first-order chi connectivity index (χ1) is 10.1. The van der Waals surface area contributed by atoms with E-state index in [2.05, 4.69) is 20.5 Å². The van der Waals surface area contributed by atoms with Crippen LogP contribution in [0.25, 0.3) is 0 Å². The molecule has 0 aromatic heterocycles. The van der Waals surface area contributed by atoms with Gasteiger partial charge in [0.05, 0.1) is 0 Å². The van der Waals surface area contributed by atoms with Crippen LogP contribution in [0.1, 0.15) is 33.1 Å². The monoisotopic (exact) mass is 425 g/mol. The number of carbonyl (C=O) groups excluding carboxylic acids is 2. The molecule has 128 valence electrons. The number of likely N-dealkylation sites (tertiary alicyclic amines) is 1.